The van der Waals surface area contributed by atoms with Crippen LogP contribution >= 0.6 is 0 Å². The minimum atomic E-state index is -3.68. The van der Waals surface area contributed by atoms with Gasteiger partial charge in [-0.25, -0.2) is 12.8 Å². The van der Waals surface area contributed by atoms with Gasteiger partial charge in [-0.15, -0.1) is 0 Å². The zero-order chi connectivity index (χ0) is 18.7. The van der Waals surface area contributed by atoms with E-state index < -0.39 is 15.8 Å². The molecule has 0 radical (unpaired) electrons. The highest BCUT2D eigenvalue weighted by Crippen LogP contribution is 2.20. The van der Waals surface area contributed by atoms with Crippen LogP contribution < -0.4 is 0 Å². The van der Waals surface area contributed by atoms with Crippen LogP contribution in [-0.4, -0.2) is 43.8 Å². The van der Waals surface area contributed by atoms with Gasteiger partial charge in [0.05, 0.1) is 16.5 Å². The Morgan fingerprint density at radius 1 is 1.08 bits per heavy atom. The van der Waals surface area contributed by atoms with Gasteiger partial charge in [-0.3, -0.25) is 4.90 Å². The highest BCUT2D eigenvalue weighted by Gasteiger charge is 2.28. The summed E-state index contributed by atoms with van der Waals surface area (Å²) < 4.78 is 40.5. The van der Waals surface area contributed by atoms with Crippen LogP contribution in [-0.2, 0) is 16.6 Å². The largest absolute Gasteiger partial charge is 0.296 e. The van der Waals surface area contributed by atoms with Crippen LogP contribution in [0, 0.1) is 24.1 Å². The molecule has 1 aliphatic rings. The van der Waals surface area contributed by atoms with Gasteiger partial charge in [-0.05, 0) is 42.3 Å². The molecule has 1 aliphatic heterocycles. The standard InChI is InChI=1S/C19H20FN3O2S/c1-15-2-7-18(12-19(15)20)26(24,25)23-10-8-22(9-11-23)14-17-5-3-16(13-21)4-6-17/h2-7,12H,8-11,14H2,1H3. The van der Waals surface area contributed by atoms with E-state index in [2.05, 4.69) is 11.0 Å². The number of rotatable bonds is 4. The van der Waals surface area contributed by atoms with Crippen molar-refractivity contribution in [1.82, 2.24) is 9.21 Å². The number of sulfonamides is 1. The molecule has 2 aromatic carbocycles. The van der Waals surface area contributed by atoms with Crippen molar-refractivity contribution in [2.24, 2.45) is 0 Å². The molecule has 0 bridgehead atoms. The molecule has 1 fully saturated rings. The van der Waals surface area contributed by atoms with E-state index in [-0.39, 0.29) is 4.90 Å². The van der Waals surface area contributed by atoms with E-state index in [1.807, 2.05) is 12.1 Å². The van der Waals surface area contributed by atoms with Crippen molar-refractivity contribution >= 4 is 10.0 Å². The second-order valence-electron chi connectivity index (χ2n) is 6.40. The Kier molecular flexibility index (Phi) is 5.37. The average Bonchev–Trinajstić information content (AvgIpc) is 2.65. The van der Waals surface area contributed by atoms with Gasteiger partial charge < -0.3 is 0 Å². The van der Waals surface area contributed by atoms with Crippen LogP contribution in [0.5, 0.6) is 0 Å². The lowest BCUT2D eigenvalue weighted by Crippen LogP contribution is -2.48. The van der Waals surface area contributed by atoms with E-state index in [4.69, 9.17) is 5.26 Å². The molecule has 0 aromatic heterocycles. The quantitative estimate of drug-likeness (QED) is 0.826. The van der Waals surface area contributed by atoms with Crippen LogP contribution in [0.2, 0.25) is 0 Å². The predicted molar refractivity (Wildman–Crippen MR) is 96.3 cm³/mol. The smallest absolute Gasteiger partial charge is 0.243 e. The number of benzene rings is 2. The van der Waals surface area contributed by atoms with Crippen molar-refractivity contribution in [3.63, 3.8) is 0 Å². The Morgan fingerprint density at radius 3 is 2.31 bits per heavy atom. The molecule has 3 rings (SSSR count). The number of hydrogen-bond acceptors (Lipinski definition) is 4. The molecule has 0 amide bonds. The predicted octanol–water partition coefficient (Wildman–Crippen LogP) is 2.51. The Balaban J connectivity index is 1.63. The van der Waals surface area contributed by atoms with Crippen molar-refractivity contribution in [3.8, 4) is 6.07 Å². The molecule has 0 unspecified atom stereocenters. The highest BCUT2D eigenvalue weighted by molar-refractivity contribution is 7.89. The molecule has 0 aliphatic carbocycles. The third kappa shape index (κ3) is 3.93. The van der Waals surface area contributed by atoms with E-state index in [1.54, 1.807) is 19.1 Å². The number of aryl methyl sites for hydroxylation is 1. The molecule has 0 atom stereocenters. The maximum absolute atomic E-state index is 13.7. The third-order valence-corrected chi connectivity index (χ3v) is 6.50. The summed E-state index contributed by atoms with van der Waals surface area (Å²) in [5.74, 6) is -0.509. The van der Waals surface area contributed by atoms with Crippen molar-refractivity contribution < 1.29 is 12.8 Å². The Labute approximate surface area is 153 Å². The lowest BCUT2D eigenvalue weighted by molar-refractivity contribution is 0.181. The second-order valence-corrected chi connectivity index (χ2v) is 8.34. The number of piperazine rings is 1. The Hall–Kier alpha value is -2.27. The summed E-state index contributed by atoms with van der Waals surface area (Å²) in [5.41, 5.74) is 2.13. The van der Waals surface area contributed by atoms with Crippen molar-refractivity contribution in [3.05, 3.63) is 65.0 Å². The van der Waals surface area contributed by atoms with Gasteiger partial charge in [-0.2, -0.15) is 9.57 Å². The van der Waals surface area contributed by atoms with Crippen LogP contribution in [0.15, 0.2) is 47.4 Å². The summed E-state index contributed by atoms with van der Waals surface area (Å²) in [4.78, 5) is 2.17. The fourth-order valence-corrected chi connectivity index (χ4v) is 4.39. The molecular weight excluding hydrogens is 353 g/mol. The summed E-state index contributed by atoms with van der Waals surface area (Å²) in [6, 6.07) is 13.5. The normalized spacial score (nSPS) is 16.3. The van der Waals surface area contributed by atoms with E-state index in [0.29, 0.717) is 43.9 Å². The van der Waals surface area contributed by atoms with Gasteiger partial charge in [0.25, 0.3) is 0 Å². The average molecular weight is 373 g/mol. The van der Waals surface area contributed by atoms with Gasteiger partial charge in [0, 0.05) is 32.7 Å². The highest BCUT2D eigenvalue weighted by atomic mass is 32.2. The van der Waals surface area contributed by atoms with Crippen LogP contribution in [0.4, 0.5) is 4.39 Å². The van der Waals surface area contributed by atoms with Crippen molar-refractivity contribution in [2.45, 2.75) is 18.4 Å². The number of halogens is 1. The summed E-state index contributed by atoms with van der Waals surface area (Å²) in [7, 11) is -3.68. The molecule has 2 aromatic rings. The van der Waals surface area contributed by atoms with Crippen molar-refractivity contribution in [2.75, 3.05) is 26.2 Å². The number of nitrogens with zero attached hydrogens (tertiary/aromatic N) is 3. The first-order valence-corrected chi connectivity index (χ1v) is 9.82. The molecule has 0 saturated carbocycles. The molecule has 7 heteroatoms. The molecule has 0 N–H and O–H groups in total. The lowest BCUT2D eigenvalue weighted by atomic mass is 10.1. The fourth-order valence-electron chi connectivity index (χ4n) is 2.95. The molecule has 0 spiro atoms. The van der Waals surface area contributed by atoms with Crippen LogP contribution in [0.1, 0.15) is 16.7 Å². The fraction of sp³-hybridized carbons (Fsp3) is 0.316. The van der Waals surface area contributed by atoms with Gasteiger partial charge in [0.1, 0.15) is 5.82 Å². The monoisotopic (exact) mass is 373 g/mol. The minimum Gasteiger partial charge on any atom is -0.296 e. The zero-order valence-electron chi connectivity index (χ0n) is 14.5. The summed E-state index contributed by atoms with van der Waals surface area (Å²) >= 11 is 0. The van der Waals surface area contributed by atoms with E-state index in [9.17, 15) is 12.8 Å². The first-order valence-electron chi connectivity index (χ1n) is 8.38. The first-order chi connectivity index (χ1) is 12.4. The molecular formula is C19H20FN3O2S. The van der Waals surface area contributed by atoms with Gasteiger partial charge in [0.2, 0.25) is 10.0 Å². The molecule has 1 saturated heterocycles. The summed E-state index contributed by atoms with van der Waals surface area (Å²) in [6.45, 7) is 4.26. The van der Waals surface area contributed by atoms with E-state index in [1.165, 1.54) is 16.4 Å². The summed E-state index contributed by atoms with van der Waals surface area (Å²) in [6.07, 6.45) is 0. The molecule has 5 nitrogen and oxygen atoms in total. The minimum absolute atomic E-state index is 0.00106. The van der Waals surface area contributed by atoms with E-state index in [0.717, 1.165) is 11.6 Å². The second kappa shape index (κ2) is 7.54. The summed E-state index contributed by atoms with van der Waals surface area (Å²) in [5, 5.41) is 8.84. The molecule has 136 valence electrons. The molecule has 26 heavy (non-hydrogen) atoms. The number of nitriles is 1. The van der Waals surface area contributed by atoms with Gasteiger partial charge in [-0.1, -0.05) is 18.2 Å². The lowest BCUT2D eigenvalue weighted by Gasteiger charge is -2.34. The third-order valence-electron chi connectivity index (χ3n) is 4.60. The Bertz CT molecular complexity index is 928. The van der Waals surface area contributed by atoms with Gasteiger partial charge >= 0.3 is 0 Å². The van der Waals surface area contributed by atoms with Crippen molar-refractivity contribution in [1.29, 1.82) is 5.26 Å². The van der Waals surface area contributed by atoms with Crippen LogP contribution in [0.25, 0.3) is 0 Å². The molecule has 1 heterocycles. The maximum Gasteiger partial charge on any atom is 0.243 e. The topological polar surface area (TPSA) is 64.4 Å². The van der Waals surface area contributed by atoms with Crippen LogP contribution in [0.3, 0.4) is 0 Å². The number of hydrogen-bond donors (Lipinski definition) is 0. The SMILES string of the molecule is Cc1ccc(S(=O)(=O)N2CCN(Cc3ccc(C#N)cc3)CC2)cc1F. The van der Waals surface area contributed by atoms with Gasteiger partial charge in [0.15, 0.2) is 0 Å². The Morgan fingerprint density at radius 2 is 1.73 bits per heavy atom. The maximum atomic E-state index is 13.7. The van der Waals surface area contributed by atoms with E-state index >= 15 is 0 Å². The zero-order valence-corrected chi connectivity index (χ0v) is 15.3. The first kappa shape index (κ1) is 18.5.